The predicted octanol–water partition coefficient (Wildman–Crippen LogP) is 4.48. The third-order valence-electron chi connectivity index (χ3n) is 3.28. The number of fused-ring (bicyclic) bond motifs is 1. The van der Waals surface area contributed by atoms with Gasteiger partial charge in [0.25, 0.3) is 5.91 Å². The van der Waals surface area contributed by atoms with Crippen molar-refractivity contribution in [1.29, 1.82) is 0 Å². The smallest absolute Gasteiger partial charge is 0.291 e. The molecule has 0 bridgehead atoms. The lowest BCUT2D eigenvalue weighted by molar-refractivity contribution is 0.0992. The van der Waals surface area contributed by atoms with Gasteiger partial charge in [-0.1, -0.05) is 35.9 Å². The molecule has 0 atom stereocenters. The summed E-state index contributed by atoms with van der Waals surface area (Å²) in [5.41, 5.74) is 2.00. The predicted molar refractivity (Wildman–Crippen MR) is 86.3 cm³/mol. The van der Waals surface area contributed by atoms with E-state index in [0.717, 1.165) is 10.9 Å². The number of methoxy groups -OCH3 is 1. The van der Waals surface area contributed by atoms with Crippen LogP contribution in [0.3, 0.4) is 0 Å². The number of benzene rings is 2. The average molecular weight is 316 g/mol. The standard InChI is InChI=1S/C17H14ClNO3/c1-21-10-14-13-7-2-3-8-15(13)22-16(14)17(20)19-12-6-4-5-11(18)9-12/h2-9H,10H2,1H3,(H,19,20). The van der Waals surface area contributed by atoms with Crippen LogP contribution in [0.15, 0.2) is 52.9 Å². The number of para-hydroxylation sites is 1. The van der Waals surface area contributed by atoms with Gasteiger partial charge in [0.2, 0.25) is 0 Å². The van der Waals surface area contributed by atoms with E-state index < -0.39 is 0 Å². The molecule has 4 nitrogen and oxygen atoms in total. The maximum Gasteiger partial charge on any atom is 0.291 e. The molecule has 0 aliphatic carbocycles. The van der Waals surface area contributed by atoms with Crippen LogP contribution in [0.5, 0.6) is 0 Å². The number of carbonyl (C=O) groups excluding carboxylic acids is 1. The summed E-state index contributed by atoms with van der Waals surface area (Å²) in [6.07, 6.45) is 0. The summed E-state index contributed by atoms with van der Waals surface area (Å²) in [7, 11) is 1.58. The molecule has 1 heterocycles. The fraction of sp³-hybridized carbons (Fsp3) is 0.118. The molecule has 0 spiro atoms. The number of amides is 1. The third-order valence-corrected chi connectivity index (χ3v) is 3.51. The zero-order chi connectivity index (χ0) is 15.5. The Morgan fingerprint density at radius 2 is 2.05 bits per heavy atom. The molecule has 3 rings (SSSR count). The molecule has 0 unspecified atom stereocenters. The highest BCUT2D eigenvalue weighted by Gasteiger charge is 2.20. The monoisotopic (exact) mass is 315 g/mol. The van der Waals surface area contributed by atoms with Crippen LogP contribution in [0.4, 0.5) is 5.69 Å². The molecular formula is C17H14ClNO3. The average Bonchev–Trinajstić information content (AvgIpc) is 2.87. The van der Waals surface area contributed by atoms with Crippen molar-refractivity contribution >= 4 is 34.2 Å². The van der Waals surface area contributed by atoms with Crippen molar-refractivity contribution in [2.75, 3.05) is 12.4 Å². The number of furan rings is 1. The van der Waals surface area contributed by atoms with Crippen molar-refractivity contribution in [1.82, 2.24) is 0 Å². The molecule has 1 N–H and O–H groups in total. The van der Waals surface area contributed by atoms with Gasteiger partial charge in [0.1, 0.15) is 5.58 Å². The molecule has 0 aliphatic heterocycles. The first-order valence-corrected chi connectivity index (χ1v) is 7.13. The number of anilines is 1. The van der Waals surface area contributed by atoms with Gasteiger partial charge in [-0.15, -0.1) is 0 Å². The first kappa shape index (κ1) is 14.6. The molecule has 112 valence electrons. The van der Waals surface area contributed by atoms with Gasteiger partial charge >= 0.3 is 0 Å². The molecule has 0 saturated heterocycles. The zero-order valence-corrected chi connectivity index (χ0v) is 12.7. The highest BCUT2D eigenvalue weighted by molar-refractivity contribution is 6.31. The van der Waals surface area contributed by atoms with Gasteiger partial charge < -0.3 is 14.5 Å². The van der Waals surface area contributed by atoms with E-state index in [0.29, 0.717) is 22.9 Å². The fourth-order valence-corrected chi connectivity index (χ4v) is 2.51. The molecule has 0 radical (unpaired) electrons. The Morgan fingerprint density at radius 3 is 2.82 bits per heavy atom. The summed E-state index contributed by atoms with van der Waals surface area (Å²) in [6, 6.07) is 14.5. The van der Waals surface area contributed by atoms with Crippen LogP contribution in [0, 0.1) is 0 Å². The molecule has 22 heavy (non-hydrogen) atoms. The maximum atomic E-state index is 12.5. The van der Waals surface area contributed by atoms with Crippen molar-refractivity contribution in [2.24, 2.45) is 0 Å². The lowest BCUT2D eigenvalue weighted by atomic mass is 10.1. The van der Waals surface area contributed by atoms with Gasteiger partial charge in [-0.05, 0) is 24.3 Å². The van der Waals surface area contributed by atoms with Crippen LogP contribution < -0.4 is 5.32 Å². The first-order valence-electron chi connectivity index (χ1n) is 6.75. The summed E-state index contributed by atoms with van der Waals surface area (Å²) in [5.74, 6) is -0.0754. The minimum atomic E-state index is -0.328. The molecule has 2 aromatic carbocycles. The molecule has 5 heteroatoms. The lowest BCUT2D eigenvalue weighted by Gasteiger charge is -2.05. The second kappa shape index (κ2) is 6.22. The SMILES string of the molecule is COCc1c(C(=O)Nc2cccc(Cl)c2)oc2ccccc12. The Balaban J connectivity index is 1.98. The van der Waals surface area contributed by atoms with Gasteiger partial charge in [-0.3, -0.25) is 4.79 Å². The molecule has 3 aromatic rings. The number of ether oxygens (including phenoxy) is 1. The van der Waals surface area contributed by atoms with Gasteiger partial charge in [-0.25, -0.2) is 0 Å². The van der Waals surface area contributed by atoms with Crippen molar-refractivity contribution < 1.29 is 13.9 Å². The zero-order valence-electron chi connectivity index (χ0n) is 11.9. The molecule has 0 fully saturated rings. The summed E-state index contributed by atoms with van der Waals surface area (Å²) in [6.45, 7) is 0.301. The van der Waals surface area contributed by atoms with E-state index in [2.05, 4.69) is 5.32 Å². The first-order chi connectivity index (χ1) is 10.7. The molecule has 1 amide bonds. The highest BCUT2D eigenvalue weighted by Crippen LogP contribution is 2.27. The number of hydrogen-bond acceptors (Lipinski definition) is 3. The van der Waals surface area contributed by atoms with Crippen LogP contribution in [0.1, 0.15) is 16.1 Å². The Morgan fingerprint density at radius 1 is 1.23 bits per heavy atom. The normalized spacial score (nSPS) is 10.8. The Bertz CT molecular complexity index is 826. The van der Waals surface area contributed by atoms with Crippen LogP contribution >= 0.6 is 11.6 Å². The van der Waals surface area contributed by atoms with Crippen LogP contribution in [-0.4, -0.2) is 13.0 Å². The van der Waals surface area contributed by atoms with Gasteiger partial charge in [0.05, 0.1) is 6.61 Å². The summed E-state index contributed by atoms with van der Waals surface area (Å²) in [4.78, 5) is 12.5. The summed E-state index contributed by atoms with van der Waals surface area (Å²) < 4.78 is 10.9. The summed E-state index contributed by atoms with van der Waals surface area (Å²) in [5, 5.41) is 4.22. The fourth-order valence-electron chi connectivity index (χ4n) is 2.32. The van der Waals surface area contributed by atoms with Crippen LogP contribution in [-0.2, 0) is 11.3 Å². The highest BCUT2D eigenvalue weighted by atomic mass is 35.5. The Hall–Kier alpha value is -2.30. The van der Waals surface area contributed by atoms with E-state index in [4.69, 9.17) is 20.8 Å². The van der Waals surface area contributed by atoms with Gasteiger partial charge in [0, 0.05) is 28.8 Å². The van der Waals surface area contributed by atoms with Gasteiger partial charge in [-0.2, -0.15) is 0 Å². The van der Waals surface area contributed by atoms with E-state index in [1.807, 2.05) is 24.3 Å². The van der Waals surface area contributed by atoms with E-state index in [1.165, 1.54) is 0 Å². The molecule has 0 saturated carbocycles. The number of carbonyl (C=O) groups is 1. The largest absolute Gasteiger partial charge is 0.451 e. The quantitative estimate of drug-likeness (QED) is 0.772. The third kappa shape index (κ3) is 2.84. The van der Waals surface area contributed by atoms with Crippen molar-refractivity contribution in [3.8, 4) is 0 Å². The lowest BCUT2D eigenvalue weighted by Crippen LogP contribution is -2.13. The number of halogens is 1. The van der Waals surface area contributed by atoms with E-state index in [9.17, 15) is 4.79 Å². The molecular weight excluding hydrogens is 302 g/mol. The Labute approximate surface area is 132 Å². The summed E-state index contributed by atoms with van der Waals surface area (Å²) >= 11 is 5.92. The number of nitrogens with one attached hydrogen (secondary N) is 1. The Kier molecular flexibility index (Phi) is 4.13. The van der Waals surface area contributed by atoms with E-state index >= 15 is 0 Å². The van der Waals surface area contributed by atoms with Crippen molar-refractivity contribution in [3.63, 3.8) is 0 Å². The van der Waals surface area contributed by atoms with Gasteiger partial charge in [0.15, 0.2) is 5.76 Å². The van der Waals surface area contributed by atoms with Crippen molar-refractivity contribution in [3.05, 3.63) is 64.9 Å². The molecule has 0 aliphatic rings. The van der Waals surface area contributed by atoms with Crippen LogP contribution in [0.2, 0.25) is 5.02 Å². The second-order valence-corrected chi connectivity index (χ2v) is 5.24. The molecule has 1 aromatic heterocycles. The van der Waals surface area contributed by atoms with E-state index in [-0.39, 0.29) is 11.7 Å². The topological polar surface area (TPSA) is 51.5 Å². The number of rotatable bonds is 4. The minimum absolute atomic E-state index is 0.253. The number of hydrogen-bond donors (Lipinski definition) is 1. The van der Waals surface area contributed by atoms with Crippen molar-refractivity contribution in [2.45, 2.75) is 6.61 Å². The maximum absolute atomic E-state index is 12.5. The van der Waals surface area contributed by atoms with E-state index in [1.54, 1.807) is 31.4 Å². The van der Waals surface area contributed by atoms with Crippen LogP contribution in [0.25, 0.3) is 11.0 Å². The minimum Gasteiger partial charge on any atom is -0.451 e. The second-order valence-electron chi connectivity index (χ2n) is 4.80.